The topological polar surface area (TPSA) is 69.9 Å². The summed E-state index contributed by atoms with van der Waals surface area (Å²) in [5.41, 5.74) is 0.317. The SMILES string of the molecule is O[Si](O)(O)OCCCCCCCC(CCCCl)(CCCCl)CCCCl. The van der Waals surface area contributed by atoms with Gasteiger partial charge in [0.25, 0.3) is 0 Å². The van der Waals surface area contributed by atoms with E-state index >= 15 is 0 Å². The van der Waals surface area contributed by atoms with E-state index in [0.29, 0.717) is 23.1 Å². The summed E-state index contributed by atoms with van der Waals surface area (Å²) in [4.78, 5) is 26.3. The lowest BCUT2D eigenvalue weighted by molar-refractivity contribution is 0.0617. The van der Waals surface area contributed by atoms with Gasteiger partial charge in [-0.2, -0.15) is 0 Å². The van der Waals surface area contributed by atoms with Crippen LogP contribution < -0.4 is 0 Å². The Balaban J connectivity index is 4.13. The first-order chi connectivity index (χ1) is 11.9. The van der Waals surface area contributed by atoms with Gasteiger partial charge in [0.15, 0.2) is 0 Å². The maximum atomic E-state index is 8.76. The van der Waals surface area contributed by atoms with E-state index in [1.54, 1.807) is 0 Å². The van der Waals surface area contributed by atoms with Gasteiger partial charge in [-0.25, -0.2) is 0 Å². The lowest BCUT2D eigenvalue weighted by atomic mass is 9.72. The smallest absolute Gasteiger partial charge is 0.368 e. The van der Waals surface area contributed by atoms with E-state index in [9.17, 15) is 0 Å². The molecular formula is C17H35Cl3O4Si. The molecule has 0 atom stereocenters. The number of unbranched alkanes of at least 4 members (excludes halogenated alkanes) is 4. The fourth-order valence-electron chi connectivity index (χ4n) is 3.42. The maximum Gasteiger partial charge on any atom is 0.671 e. The van der Waals surface area contributed by atoms with Gasteiger partial charge in [0.2, 0.25) is 0 Å². The molecule has 0 aliphatic carbocycles. The third-order valence-electron chi connectivity index (χ3n) is 4.67. The molecule has 0 rings (SSSR count). The Kier molecular flexibility index (Phi) is 16.5. The molecule has 4 nitrogen and oxygen atoms in total. The predicted molar refractivity (Wildman–Crippen MR) is 108 cm³/mol. The van der Waals surface area contributed by atoms with Crippen LogP contribution in [0.15, 0.2) is 0 Å². The Bertz CT molecular complexity index is 282. The van der Waals surface area contributed by atoms with Gasteiger partial charge in [0, 0.05) is 24.2 Å². The molecule has 152 valence electrons. The van der Waals surface area contributed by atoms with Crippen LogP contribution >= 0.6 is 34.8 Å². The first kappa shape index (κ1) is 25.9. The highest BCUT2D eigenvalue weighted by molar-refractivity contribution is 6.48. The van der Waals surface area contributed by atoms with Crippen LogP contribution in [0.25, 0.3) is 0 Å². The number of alkyl halides is 3. The molecule has 0 fully saturated rings. The van der Waals surface area contributed by atoms with E-state index in [4.69, 9.17) is 49.2 Å². The first-order valence-electron chi connectivity index (χ1n) is 9.38. The zero-order chi connectivity index (χ0) is 19.0. The first-order valence-corrected chi connectivity index (χ1v) is 12.7. The van der Waals surface area contributed by atoms with E-state index in [1.807, 2.05) is 0 Å². The third kappa shape index (κ3) is 15.7. The number of hydrogen-bond acceptors (Lipinski definition) is 4. The molecule has 0 spiro atoms. The van der Waals surface area contributed by atoms with Crippen LogP contribution in [0.5, 0.6) is 0 Å². The maximum absolute atomic E-state index is 8.76. The molecule has 0 radical (unpaired) electrons. The van der Waals surface area contributed by atoms with E-state index in [0.717, 1.165) is 64.2 Å². The van der Waals surface area contributed by atoms with Crippen molar-refractivity contribution in [3.8, 4) is 0 Å². The molecule has 8 heteroatoms. The molecule has 0 saturated heterocycles. The average molecular weight is 438 g/mol. The molecule has 0 unspecified atom stereocenters. The summed E-state index contributed by atoms with van der Waals surface area (Å²) in [7, 11) is -4.33. The Hall–Kier alpha value is 0.927. The Morgan fingerprint density at radius 2 is 1.00 bits per heavy atom. The van der Waals surface area contributed by atoms with Gasteiger partial charge < -0.3 is 18.8 Å². The number of rotatable bonds is 18. The largest absolute Gasteiger partial charge is 0.671 e. The molecule has 3 N–H and O–H groups in total. The van der Waals surface area contributed by atoms with Crippen LogP contribution in [0, 0.1) is 5.41 Å². The standard InChI is InChI=1S/C17H35Cl3O4Si/c18-13-6-10-17(11-7-14-19,12-8-15-20)9-4-2-1-3-5-16-24-25(21,22)23/h21-23H,1-16H2. The molecule has 25 heavy (non-hydrogen) atoms. The van der Waals surface area contributed by atoms with Gasteiger partial charge in [0.05, 0.1) is 0 Å². The zero-order valence-electron chi connectivity index (χ0n) is 15.2. The van der Waals surface area contributed by atoms with Crippen LogP contribution in [-0.4, -0.2) is 47.7 Å². The minimum atomic E-state index is -4.33. The third-order valence-corrected chi connectivity index (χ3v) is 6.06. The van der Waals surface area contributed by atoms with Crippen molar-refractivity contribution < 1.29 is 18.8 Å². The molecular weight excluding hydrogens is 403 g/mol. The van der Waals surface area contributed by atoms with Crippen molar-refractivity contribution in [1.29, 1.82) is 0 Å². The summed E-state index contributed by atoms with van der Waals surface area (Å²) in [6.07, 6.45) is 12.8. The Morgan fingerprint density at radius 1 is 0.600 bits per heavy atom. The van der Waals surface area contributed by atoms with Crippen molar-refractivity contribution in [2.75, 3.05) is 24.2 Å². The summed E-state index contributed by atoms with van der Waals surface area (Å²) in [6.45, 7) is 0.195. The zero-order valence-corrected chi connectivity index (χ0v) is 18.5. The van der Waals surface area contributed by atoms with Gasteiger partial charge in [0.1, 0.15) is 0 Å². The lowest BCUT2D eigenvalue weighted by Crippen LogP contribution is -2.39. The van der Waals surface area contributed by atoms with Crippen LogP contribution in [0.2, 0.25) is 0 Å². The van der Waals surface area contributed by atoms with Crippen molar-refractivity contribution in [3.63, 3.8) is 0 Å². The monoisotopic (exact) mass is 436 g/mol. The molecule has 0 aromatic carbocycles. The molecule has 0 heterocycles. The van der Waals surface area contributed by atoms with Crippen molar-refractivity contribution in [3.05, 3.63) is 0 Å². The van der Waals surface area contributed by atoms with E-state index in [-0.39, 0.29) is 6.61 Å². The fraction of sp³-hybridized carbons (Fsp3) is 1.00. The van der Waals surface area contributed by atoms with Crippen LogP contribution in [0.1, 0.15) is 77.0 Å². The van der Waals surface area contributed by atoms with E-state index in [2.05, 4.69) is 4.43 Å². The summed E-state index contributed by atoms with van der Waals surface area (Å²) >= 11 is 17.8. The van der Waals surface area contributed by atoms with Crippen LogP contribution in [0.3, 0.4) is 0 Å². The van der Waals surface area contributed by atoms with Gasteiger partial charge in [-0.05, 0) is 56.8 Å². The van der Waals surface area contributed by atoms with Crippen molar-refractivity contribution >= 4 is 43.9 Å². The normalized spacial score (nSPS) is 12.7. The van der Waals surface area contributed by atoms with Crippen molar-refractivity contribution in [1.82, 2.24) is 0 Å². The fourth-order valence-corrected chi connectivity index (χ4v) is 4.24. The molecule has 0 aromatic heterocycles. The second kappa shape index (κ2) is 15.9. The number of halogens is 3. The van der Waals surface area contributed by atoms with Crippen LogP contribution in [-0.2, 0) is 4.43 Å². The van der Waals surface area contributed by atoms with Gasteiger partial charge >= 0.3 is 9.05 Å². The quantitative estimate of drug-likeness (QED) is 0.164. The molecule has 0 aliphatic rings. The Labute approximate surface area is 169 Å². The highest BCUT2D eigenvalue weighted by Gasteiger charge is 2.30. The summed E-state index contributed by atoms with van der Waals surface area (Å²) in [5, 5.41) is 0. The molecule has 0 aromatic rings. The van der Waals surface area contributed by atoms with Gasteiger partial charge in [-0.3, -0.25) is 0 Å². The van der Waals surface area contributed by atoms with Gasteiger partial charge in [-0.1, -0.05) is 25.7 Å². The molecule has 0 amide bonds. The highest BCUT2D eigenvalue weighted by atomic mass is 35.5. The van der Waals surface area contributed by atoms with Gasteiger partial charge in [-0.15, -0.1) is 34.8 Å². The second-order valence-electron chi connectivity index (χ2n) is 6.82. The molecule has 0 bridgehead atoms. The highest BCUT2D eigenvalue weighted by Crippen LogP contribution is 2.40. The number of hydrogen-bond donors (Lipinski definition) is 3. The van der Waals surface area contributed by atoms with Crippen molar-refractivity contribution in [2.24, 2.45) is 5.41 Å². The minimum absolute atomic E-state index is 0.195. The minimum Gasteiger partial charge on any atom is -0.368 e. The second-order valence-corrected chi connectivity index (χ2v) is 9.39. The van der Waals surface area contributed by atoms with E-state index in [1.165, 1.54) is 12.8 Å². The Morgan fingerprint density at radius 3 is 1.44 bits per heavy atom. The summed E-state index contributed by atoms with van der Waals surface area (Å²) in [6, 6.07) is 0. The average Bonchev–Trinajstić information content (AvgIpc) is 2.57. The van der Waals surface area contributed by atoms with Crippen molar-refractivity contribution in [2.45, 2.75) is 77.0 Å². The van der Waals surface area contributed by atoms with Crippen LogP contribution in [0.4, 0.5) is 0 Å². The predicted octanol–water partition coefficient (Wildman–Crippen LogP) is 4.80. The molecule has 0 aliphatic heterocycles. The molecule has 0 saturated carbocycles. The summed E-state index contributed by atoms with van der Waals surface area (Å²) < 4.78 is 4.59. The lowest BCUT2D eigenvalue weighted by Gasteiger charge is -2.34. The summed E-state index contributed by atoms with van der Waals surface area (Å²) in [5.74, 6) is 2.11. The van der Waals surface area contributed by atoms with E-state index < -0.39 is 9.05 Å².